The summed E-state index contributed by atoms with van der Waals surface area (Å²) in [5, 5.41) is 28.6. The van der Waals surface area contributed by atoms with Gasteiger partial charge in [0, 0.05) is 25.5 Å². The van der Waals surface area contributed by atoms with Crippen LogP contribution in [0.5, 0.6) is 0 Å². The number of cyclic esters (lactones) is 1. The van der Waals surface area contributed by atoms with E-state index in [-0.39, 0.29) is 12.5 Å². The standard InChI is InChI=1S/C15H24Cl2N2O6/c16-1-3-18-4-7-19(6-2-17,8-5-18)10-24-14-12(22)13(11(21)9-20)25-15(14)23/h11,13,20-21H,1-10H2/p+1/t11-,13+/m0/s1. The number of halogens is 2. The van der Waals surface area contributed by atoms with Gasteiger partial charge in [-0.2, -0.15) is 0 Å². The van der Waals surface area contributed by atoms with Gasteiger partial charge in [0.2, 0.25) is 6.73 Å². The zero-order chi connectivity index (χ0) is 18.4. The number of piperazine rings is 1. The normalized spacial score (nSPS) is 25.1. The van der Waals surface area contributed by atoms with Gasteiger partial charge < -0.3 is 24.8 Å². The first-order valence-electron chi connectivity index (χ1n) is 8.21. The Kier molecular flexibility index (Phi) is 7.60. The Morgan fingerprint density at radius 1 is 1.32 bits per heavy atom. The SMILES string of the molecule is O=C1O[C@H]([C@@H](O)CO)C(O)=C1OC[N+]1(CCCl)CCN(CCCl)CC1. The minimum Gasteiger partial charge on any atom is -0.505 e. The number of alkyl halides is 2. The summed E-state index contributed by atoms with van der Waals surface area (Å²) in [5.74, 6) is -0.628. The molecule has 1 fully saturated rings. The molecular weight excluding hydrogens is 375 g/mol. The highest BCUT2D eigenvalue weighted by Gasteiger charge is 2.42. The van der Waals surface area contributed by atoms with Crippen LogP contribution in [0.15, 0.2) is 11.5 Å². The molecule has 0 bridgehead atoms. The van der Waals surface area contributed by atoms with Gasteiger partial charge in [-0.15, -0.1) is 23.2 Å². The second-order valence-electron chi connectivity index (χ2n) is 6.30. The maximum absolute atomic E-state index is 11.9. The van der Waals surface area contributed by atoms with Crippen molar-refractivity contribution in [1.29, 1.82) is 0 Å². The second-order valence-corrected chi connectivity index (χ2v) is 7.05. The van der Waals surface area contributed by atoms with Gasteiger partial charge in [0.25, 0.3) is 5.76 Å². The monoisotopic (exact) mass is 399 g/mol. The molecule has 0 aliphatic carbocycles. The van der Waals surface area contributed by atoms with Crippen molar-refractivity contribution in [3.8, 4) is 0 Å². The molecule has 2 aliphatic rings. The Morgan fingerprint density at radius 3 is 2.56 bits per heavy atom. The molecule has 0 radical (unpaired) electrons. The van der Waals surface area contributed by atoms with Crippen molar-refractivity contribution in [3.63, 3.8) is 0 Å². The highest BCUT2D eigenvalue weighted by molar-refractivity contribution is 6.18. The van der Waals surface area contributed by atoms with Gasteiger partial charge in [-0.05, 0) is 0 Å². The lowest BCUT2D eigenvalue weighted by Gasteiger charge is -2.43. The number of aliphatic hydroxyl groups excluding tert-OH is 3. The minimum absolute atomic E-state index is 0.165. The van der Waals surface area contributed by atoms with Crippen LogP contribution in [0.3, 0.4) is 0 Å². The molecule has 0 aromatic carbocycles. The Hall–Kier alpha value is -0.770. The Balaban J connectivity index is 2.01. The lowest BCUT2D eigenvalue weighted by molar-refractivity contribution is -0.946. The first kappa shape index (κ1) is 20.5. The number of ether oxygens (including phenoxy) is 2. The van der Waals surface area contributed by atoms with E-state index in [1.807, 2.05) is 0 Å². The molecule has 3 N–H and O–H groups in total. The van der Waals surface area contributed by atoms with Crippen LogP contribution in [0.2, 0.25) is 0 Å². The molecule has 144 valence electrons. The number of rotatable bonds is 9. The average molecular weight is 400 g/mol. The van der Waals surface area contributed by atoms with Crippen LogP contribution in [-0.4, -0.2) is 107 Å². The number of hydrogen-bond acceptors (Lipinski definition) is 7. The fourth-order valence-corrected chi connectivity index (χ4v) is 3.62. The van der Waals surface area contributed by atoms with Crippen LogP contribution in [0, 0.1) is 0 Å². The summed E-state index contributed by atoms with van der Waals surface area (Å²) in [6.45, 7) is 4.27. The largest absolute Gasteiger partial charge is 0.505 e. The number of carbonyl (C=O) groups excluding carboxylic acids is 1. The molecule has 1 saturated heterocycles. The lowest BCUT2D eigenvalue weighted by atomic mass is 10.2. The third kappa shape index (κ3) is 4.90. The van der Waals surface area contributed by atoms with E-state index < -0.39 is 30.5 Å². The molecule has 0 spiro atoms. The van der Waals surface area contributed by atoms with Crippen LogP contribution in [-0.2, 0) is 14.3 Å². The fraction of sp³-hybridized carbons (Fsp3) is 0.800. The fourth-order valence-electron chi connectivity index (χ4n) is 3.02. The third-order valence-corrected chi connectivity index (χ3v) is 5.02. The Labute approximate surface area is 156 Å². The first-order valence-corrected chi connectivity index (χ1v) is 9.28. The van der Waals surface area contributed by atoms with Crippen molar-refractivity contribution in [2.45, 2.75) is 12.2 Å². The molecule has 0 unspecified atom stereocenters. The molecule has 10 heteroatoms. The van der Waals surface area contributed by atoms with E-state index in [1.165, 1.54) is 0 Å². The van der Waals surface area contributed by atoms with Gasteiger partial charge in [0.1, 0.15) is 6.10 Å². The molecule has 25 heavy (non-hydrogen) atoms. The van der Waals surface area contributed by atoms with Gasteiger partial charge >= 0.3 is 5.97 Å². The predicted molar refractivity (Wildman–Crippen MR) is 91.3 cm³/mol. The molecule has 0 aromatic rings. The molecule has 2 heterocycles. The van der Waals surface area contributed by atoms with Crippen molar-refractivity contribution in [2.75, 3.05) is 64.4 Å². The highest BCUT2D eigenvalue weighted by atomic mass is 35.5. The third-order valence-electron chi connectivity index (χ3n) is 4.68. The van der Waals surface area contributed by atoms with Crippen LogP contribution < -0.4 is 0 Å². The molecular formula is C15H25Cl2N2O6+. The smallest absolute Gasteiger partial charge is 0.378 e. The van der Waals surface area contributed by atoms with Crippen LogP contribution in [0.25, 0.3) is 0 Å². The number of carbonyl (C=O) groups is 1. The maximum atomic E-state index is 11.9. The van der Waals surface area contributed by atoms with Crippen LogP contribution in [0.4, 0.5) is 0 Å². The summed E-state index contributed by atoms with van der Waals surface area (Å²) in [6.07, 6.45) is -2.69. The summed E-state index contributed by atoms with van der Waals surface area (Å²) in [5.41, 5.74) is 0. The quantitative estimate of drug-likeness (QED) is 0.276. The summed E-state index contributed by atoms with van der Waals surface area (Å²) in [6, 6.07) is 0. The summed E-state index contributed by atoms with van der Waals surface area (Å²) < 4.78 is 11.0. The van der Waals surface area contributed by atoms with Crippen molar-refractivity contribution >= 4 is 29.2 Å². The number of aliphatic hydroxyl groups is 3. The Morgan fingerprint density at radius 2 is 2.00 bits per heavy atom. The van der Waals surface area contributed by atoms with Crippen LogP contribution >= 0.6 is 23.2 Å². The molecule has 2 rings (SSSR count). The first-order chi connectivity index (χ1) is 12.0. The molecule has 2 atom stereocenters. The van der Waals surface area contributed by atoms with E-state index in [9.17, 15) is 15.0 Å². The Bertz CT molecular complexity index is 496. The molecule has 0 aromatic heterocycles. The van der Waals surface area contributed by atoms with E-state index in [0.29, 0.717) is 22.8 Å². The van der Waals surface area contributed by atoms with E-state index in [2.05, 4.69) is 4.90 Å². The van der Waals surface area contributed by atoms with E-state index in [0.717, 1.165) is 32.7 Å². The molecule has 2 aliphatic heterocycles. The number of hydrogen-bond donors (Lipinski definition) is 3. The van der Waals surface area contributed by atoms with Gasteiger partial charge in [0.15, 0.2) is 11.9 Å². The molecule has 8 nitrogen and oxygen atoms in total. The second kappa shape index (κ2) is 9.25. The zero-order valence-corrected chi connectivity index (χ0v) is 15.5. The topological polar surface area (TPSA) is 99.5 Å². The summed E-state index contributed by atoms with van der Waals surface area (Å²) >= 11 is 11.7. The van der Waals surface area contributed by atoms with Crippen molar-refractivity contribution < 1.29 is 34.1 Å². The van der Waals surface area contributed by atoms with Gasteiger partial charge in [-0.25, -0.2) is 4.79 Å². The van der Waals surface area contributed by atoms with Gasteiger partial charge in [-0.3, -0.25) is 9.38 Å². The van der Waals surface area contributed by atoms with Gasteiger partial charge in [-0.1, -0.05) is 0 Å². The lowest BCUT2D eigenvalue weighted by Crippen LogP contribution is -2.61. The number of quaternary nitrogens is 1. The van der Waals surface area contributed by atoms with Gasteiger partial charge in [0.05, 0.1) is 32.1 Å². The molecule has 0 saturated carbocycles. The average Bonchev–Trinajstić information content (AvgIpc) is 2.89. The predicted octanol–water partition coefficient (Wildman–Crippen LogP) is -0.381. The number of esters is 1. The van der Waals surface area contributed by atoms with E-state index in [4.69, 9.17) is 37.8 Å². The van der Waals surface area contributed by atoms with Crippen LogP contribution in [0.1, 0.15) is 0 Å². The minimum atomic E-state index is -1.39. The summed E-state index contributed by atoms with van der Waals surface area (Å²) in [7, 11) is 0. The molecule has 0 amide bonds. The van der Waals surface area contributed by atoms with Crippen molar-refractivity contribution in [2.24, 2.45) is 0 Å². The highest BCUT2D eigenvalue weighted by Crippen LogP contribution is 2.25. The van der Waals surface area contributed by atoms with E-state index >= 15 is 0 Å². The van der Waals surface area contributed by atoms with Crippen molar-refractivity contribution in [3.05, 3.63) is 11.5 Å². The maximum Gasteiger partial charge on any atom is 0.378 e. The zero-order valence-electron chi connectivity index (χ0n) is 13.9. The van der Waals surface area contributed by atoms with Crippen molar-refractivity contribution in [1.82, 2.24) is 4.90 Å². The number of nitrogens with zero attached hydrogens (tertiary/aromatic N) is 2. The van der Waals surface area contributed by atoms with E-state index in [1.54, 1.807) is 0 Å². The summed E-state index contributed by atoms with van der Waals surface area (Å²) in [4.78, 5) is 14.1.